The molecule has 0 saturated carbocycles. The van der Waals surface area contributed by atoms with Crippen molar-refractivity contribution in [2.75, 3.05) is 7.11 Å². The van der Waals surface area contributed by atoms with Gasteiger partial charge in [-0.3, -0.25) is 4.79 Å². The Balaban J connectivity index is 2.80. The lowest BCUT2D eigenvalue weighted by Crippen LogP contribution is -2.23. The minimum absolute atomic E-state index is 0.0868. The second kappa shape index (κ2) is 6.07. The number of aromatic amines is 1. The molecule has 1 aromatic heterocycles. The van der Waals surface area contributed by atoms with Crippen molar-refractivity contribution >= 4 is 5.97 Å². The van der Waals surface area contributed by atoms with Gasteiger partial charge in [0.05, 0.1) is 17.9 Å². The summed E-state index contributed by atoms with van der Waals surface area (Å²) in [6.45, 7) is 1.40. The number of carboxylic acid groups (broad SMARTS) is 1. The number of pyridine rings is 1. The quantitative estimate of drug-likeness (QED) is 0.909. The van der Waals surface area contributed by atoms with E-state index in [-0.39, 0.29) is 29.1 Å². The maximum Gasteiger partial charge on any atom is 0.341 e. The Morgan fingerprint density at radius 1 is 1.36 bits per heavy atom. The van der Waals surface area contributed by atoms with Gasteiger partial charge in [-0.05, 0) is 19.1 Å². The average molecular weight is 309 g/mol. The molecule has 1 heterocycles. The smallest absolute Gasteiger partial charge is 0.341 e. The van der Waals surface area contributed by atoms with Gasteiger partial charge in [0.1, 0.15) is 17.2 Å². The zero-order valence-corrected chi connectivity index (χ0v) is 11.9. The molecule has 7 heteroatoms. The standard InChI is InChI=1S/C15H13F2NO4/c1-7-12(9-4-3-8(16)5-10(9)17)14(19)13(15(20)21)11(18-7)6-22-2/h3-5H,6H2,1-2H3,(H,18,19)(H,20,21). The Hall–Kier alpha value is -2.54. The van der Waals surface area contributed by atoms with E-state index in [4.69, 9.17) is 4.74 Å². The van der Waals surface area contributed by atoms with Crippen LogP contribution in [0.5, 0.6) is 0 Å². The highest BCUT2D eigenvalue weighted by Gasteiger charge is 2.22. The topological polar surface area (TPSA) is 79.4 Å². The van der Waals surface area contributed by atoms with Gasteiger partial charge >= 0.3 is 5.97 Å². The summed E-state index contributed by atoms with van der Waals surface area (Å²) in [5.74, 6) is -3.17. The highest BCUT2D eigenvalue weighted by Crippen LogP contribution is 2.24. The van der Waals surface area contributed by atoms with Crippen molar-refractivity contribution in [3.05, 3.63) is 57.0 Å². The number of rotatable bonds is 4. The summed E-state index contributed by atoms with van der Waals surface area (Å²) in [6, 6.07) is 2.74. The molecule has 1 aromatic carbocycles. The Morgan fingerprint density at radius 3 is 2.59 bits per heavy atom. The lowest BCUT2D eigenvalue weighted by atomic mass is 9.99. The van der Waals surface area contributed by atoms with Gasteiger partial charge in [-0.1, -0.05) is 0 Å². The number of aromatic nitrogens is 1. The van der Waals surface area contributed by atoms with Crippen molar-refractivity contribution in [1.29, 1.82) is 0 Å². The lowest BCUT2D eigenvalue weighted by molar-refractivity contribution is 0.0689. The van der Waals surface area contributed by atoms with Crippen LogP contribution in [0.1, 0.15) is 21.7 Å². The lowest BCUT2D eigenvalue weighted by Gasteiger charge is -2.12. The van der Waals surface area contributed by atoms with Crippen molar-refractivity contribution in [3.8, 4) is 11.1 Å². The molecule has 0 aliphatic carbocycles. The van der Waals surface area contributed by atoms with E-state index in [2.05, 4.69) is 4.98 Å². The molecule has 2 aromatic rings. The van der Waals surface area contributed by atoms with Crippen LogP contribution >= 0.6 is 0 Å². The van der Waals surface area contributed by atoms with E-state index in [1.807, 2.05) is 0 Å². The van der Waals surface area contributed by atoms with Gasteiger partial charge in [-0.2, -0.15) is 0 Å². The number of aryl methyl sites for hydroxylation is 1. The van der Waals surface area contributed by atoms with Crippen molar-refractivity contribution < 1.29 is 23.4 Å². The van der Waals surface area contributed by atoms with E-state index in [0.29, 0.717) is 6.07 Å². The van der Waals surface area contributed by atoms with Gasteiger partial charge < -0.3 is 14.8 Å². The number of nitrogens with one attached hydrogen (secondary N) is 1. The van der Waals surface area contributed by atoms with Crippen LogP contribution in [0.2, 0.25) is 0 Å². The van der Waals surface area contributed by atoms with Crippen LogP contribution in [0.15, 0.2) is 23.0 Å². The normalized spacial score (nSPS) is 10.7. The molecule has 2 rings (SSSR count). The predicted octanol–water partition coefficient (Wildman–Crippen LogP) is 2.47. The number of hydrogen-bond donors (Lipinski definition) is 2. The summed E-state index contributed by atoms with van der Waals surface area (Å²) in [4.78, 5) is 26.5. The highest BCUT2D eigenvalue weighted by molar-refractivity contribution is 5.90. The predicted molar refractivity (Wildman–Crippen MR) is 74.8 cm³/mol. The maximum absolute atomic E-state index is 13.9. The number of methoxy groups -OCH3 is 1. The number of carbonyl (C=O) groups is 1. The van der Waals surface area contributed by atoms with Gasteiger partial charge in [0.25, 0.3) is 0 Å². The van der Waals surface area contributed by atoms with Crippen LogP contribution in [0.25, 0.3) is 11.1 Å². The molecule has 0 fully saturated rings. The van der Waals surface area contributed by atoms with Crippen LogP contribution in [0.3, 0.4) is 0 Å². The number of benzene rings is 1. The minimum atomic E-state index is -1.45. The number of H-pyrrole nitrogens is 1. The molecule has 0 amide bonds. The third-order valence-electron chi connectivity index (χ3n) is 3.17. The SMILES string of the molecule is COCc1[nH]c(C)c(-c2ccc(F)cc2F)c(=O)c1C(=O)O. The third kappa shape index (κ3) is 2.75. The largest absolute Gasteiger partial charge is 0.477 e. The first kappa shape index (κ1) is 15.8. The number of ether oxygens (including phenoxy) is 1. The van der Waals surface area contributed by atoms with Crippen LogP contribution in [0, 0.1) is 18.6 Å². The third-order valence-corrected chi connectivity index (χ3v) is 3.17. The Bertz CT molecular complexity index is 799. The van der Waals surface area contributed by atoms with E-state index in [1.165, 1.54) is 14.0 Å². The van der Waals surface area contributed by atoms with E-state index >= 15 is 0 Å². The molecule has 0 saturated heterocycles. The van der Waals surface area contributed by atoms with Crippen molar-refractivity contribution in [2.45, 2.75) is 13.5 Å². The average Bonchev–Trinajstić information content (AvgIpc) is 2.40. The minimum Gasteiger partial charge on any atom is -0.477 e. The van der Waals surface area contributed by atoms with E-state index < -0.39 is 28.6 Å². The summed E-state index contributed by atoms with van der Waals surface area (Å²) in [5, 5.41) is 9.22. The van der Waals surface area contributed by atoms with Gasteiger partial charge in [0, 0.05) is 24.4 Å². The number of halogens is 2. The number of aromatic carboxylic acids is 1. The van der Waals surface area contributed by atoms with E-state index in [9.17, 15) is 23.5 Å². The molecule has 22 heavy (non-hydrogen) atoms. The molecular formula is C15H13F2NO4. The summed E-state index contributed by atoms with van der Waals surface area (Å²) in [5.41, 5.74) is -1.31. The zero-order chi connectivity index (χ0) is 16.4. The van der Waals surface area contributed by atoms with Gasteiger partial charge in [0.2, 0.25) is 5.43 Å². The number of carboxylic acids is 1. The van der Waals surface area contributed by atoms with Gasteiger partial charge in [0.15, 0.2) is 0 Å². The zero-order valence-electron chi connectivity index (χ0n) is 11.9. The molecule has 0 aliphatic heterocycles. The fraction of sp³-hybridized carbons (Fsp3) is 0.200. The maximum atomic E-state index is 13.9. The molecule has 0 unspecified atom stereocenters. The Kier molecular flexibility index (Phi) is 4.37. The van der Waals surface area contributed by atoms with Crippen LogP contribution in [0.4, 0.5) is 8.78 Å². The second-order valence-corrected chi connectivity index (χ2v) is 4.67. The van der Waals surface area contributed by atoms with Crippen molar-refractivity contribution in [1.82, 2.24) is 4.98 Å². The molecule has 116 valence electrons. The summed E-state index contributed by atoms with van der Waals surface area (Å²) < 4.78 is 31.8. The summed E-state index contributed by atoms with van der Waals surface area (Å²) in [7, 11) is 1.35. The van der Waals surface area contributed by atoms with E-state index in [0.717, 1.165) is 12.1 Å². The molecule has 0 radical (unpaired) electrons. The summed E-state index contributed by atoms with van der Waals surface area (Å²) in [6.07, 6.45) is 0. The Labute approximate surface area is 124 Å². The first-order valence-electron chi connectivity index (χ1n) is 6.30. The Morgan fingerprint density at radius 2 is 2.05 bits per heavy atom. The second-order valence-electron chi connectivity index (χ2n) is 4.67. The van der Waals surface area contributed by atoms with E-state index in [1.54, 1.807) is 0 Å². The first-order valence-corrected chi connectivity index (χ1v) is 6.30. The first-order chi connectivity index (χ1) is 10.4. The molecule has 5 nitrogen and oxygen atoms in total. The molecule has 0 aliphatic rings. The molecule has 2 N–H and O–H groups in total. The number of hydrogen-bond acceptors (Lipinski definition) is 3. The van der Waals surface area contributed by atoms with Crippen LogP contribution in [-0.2, 0) is 11.3 Å². The molecule has 0 bridgehead atoms. The molecule has 0 spiro atoms. The van der Waals surface area contributed by atoms with Gasteiger partial charge in [-0.25, -0.2) is 13.6 Å². The fourth-order valence-electron chi connectivity index (χ4n) is 2.28. The monoisotopic (exact) mass is 309 g/mol. The van der Waals surface area contributed by atoms with Crippen LogP contribution in [-0.4, -0.2) is 23.2 Å². The van der Waals surface area contributed by atoms with Gasteiger partial charge in [-0.15, -0.1) is 0 Å². The molecule has 0 atom stereocenters. The van der Waals surface area contributed by atoms with Crippen molar-refractivity contribution in [3.63, 3.8) is 0 Å². The highest BCUT2D eigenvalue weighted by atomic mass is 19.1. The summed E-state index contributed by atoms with van der Waals surface area (Å²) >= 11 is 0. The fourth-order valence-corrected chi connectivity index (χ4v) is 2.28. The molecular weight excluding hydrogens is 296 g/mol. The van der Waals surface area contributed by atoms with Crippen molar-refractivity contribution in [2.24, 2.45) is 0 Å². The van der Waals surface area contributed by atoms with Crippen LogP contribution < -0.4 is 5.43 Å².